The zero-order chi connectivity index (χ0) is 22.2. The maximum atomic E-state index is 9.27. The van der Waals surface area contributed by atoms with E-state index in [2.05, 4.69) is 101 Å². The molecule has 0 N–H and O–H groups in total. The number of hydrogen-bond acceptors (Lipinski definition) is 2. The Morgan fingerprint density at radius 1 is 0.576 bits per heavy atom. The van der Waals surface area contributed by atoms with Gasteiger partial charge in [-0.25, -0.2) is 4.98 Å². The Morgan fingerprint density at radius 3 is 1.79 bits per heavy atom. The third kappa shape index (κ3) is 3.26. The SMILES string of the molecule is N#Cc1cc(-c2ccc3c(c2)c2cc(-c4ccccc4)ccc2n3-c2ccccc2)ccn1. The summed E-state index contributed by atoms with van der Waals surface area (Å²) in [6.45, 7) is 0. The average Bonchev–Trinajstić information content (AvgIpc) is 3.22. The van der Waals surface area contributed by atoms with E-state index in [4.69, 9.17) is 0 Å². The van der Waals surface area contributed by atoms with Crippen molar-refractivity contribution in [2.75, 3.05) is 0 Å². The minimum absolute atomic E-state index is 0.422. The highest BCUT2D eigenvalue weighted by molar-refractivity contribution is 6.11. The zero-order valence-corrected chi connectivity index (χ0v) is 17.8. The minimum Gasteiger partial charge on any atom is -0.309 e. The molecule has 0 fully saturated rings. The van der Waals surface area contributed by atoms with Gasteiger partial charge in [-0.15, -0.1) is 0 Å². The van der Waals surface area contributed by atoms with Crippen LogP contribution < -0.4 is 0 Å². The summed E-state index contributed by atoms with van der Waals surface area (Å²) in [7, 11) is 0. The van der Waals surface area contributed by atoms with Gasteiger partial charge in [0.15, 0.2) is 0 Å². The second-order valence-corrected chi connectivity index (χ2v) is 8.04. The molecule has 0 aliphatic rings. The highest BCUT2D eigenvalue weighted by Gasteiger charge is 2.14. The van der Waals surface area contributed by atoms with Crippen molar-refractivity contribution >= 4 is 21.8 Å². The standard InChI is InChI=1S/C30H19N3/c31-20-25-17-24(15-16-32-25)23-12-14-30-28(19-23)27-18-22(21-7-3-1-4-8-21)11-13-29(27)33(30)26-9-5-2-6-10-26/h1-19H. The van der Waals surface area contributed by atoms with E-state index < -0.39 is 0 Å². The molecule has 0 unspecified atom stereocenters. The molecule has 0 radical (unpaired) electrons. The summed E-state index contributed by atoms with van der Waals surface area (Å²) in [5.41, 5.74) is 8.32. The van der Waals surface area contributed by atoms with Gasteiger partial charge in [0.05, 0.1) is 11.0 Å². The molecule has 2 heterocycles. The van der Waals surface area contributed by atoms with Gasteiger partial charge in [0.2, 0.25) is 0 Å². The van der Waals surface area contributed by atoms with Crippen LogP contribution in [-0.2, 0) is 0 Å². The Labute approximate surface area is 191 Å². The first kappa shape index (κ1) is 19.0. The first-order valence-corrected chi connectivity index (χ1v) is 10.9. The fourth-order valence-electron chi connectivity index (χ4n) is 4.54. The average molecular weight is 422 g/mol. The highest BCUT2D eigenvalue weighted by atomic mass is 15.0. The summed E-state index contributed by atoms with van der Waals surface area (Å²) in [4.78, 5) is 4.12. The molecule has 2 aromatic heterocycles. The van der Waals surface area contributed by atoms with Gasteiger partial charge < -0.3 is 4.57 Å². The van der Waals surface area contributed by atoms with Crippen LogP contribution in [0.1, 0.15) is 5.69 Å². The first-order valence-electron chi connectivity index (χ1n) is 10.9. The Kier molecular flexibility index (Phi) is 4.49. The number of nitriles is 1. The first-order chi connectivity index (χ1) is 16.3. The predicted octanol–water partition coefficient (Wildman–Crippen LogP) is 7.38. The third-order valence-electron chi connectivity index (χ3n) is 6.09. The van der Waals surface area contributed by atoms with Crippen LogP contribution in [0.25, 0.3) is 49.7 Å². The summed E-state index contributed by atoms with van der Waals surface area (Å²) < 4.78 is 2.32. The van der Waals surface area contributed by atoms with Crippen molar-refractivity contribution in [3.63, 3.8) is 0 Å². The van der Waals surface area contributed by atoms with Crippen LogP contribution in [0.3, 0.4) is 0 Å². The molecule has 6 aromatic rings. The van der Waals surface area contributed by atoms with Crippen molar-refractivity contribution in [3.05, 3.63) is 121 Å². The molecule has 6 rings (SSSR count). The molecule has 3 heteroatoms. The van der Waals surface area contributed by atoms with E-state index in [1.54, 1.807) is 6.20 Å². The third-order valence-corrected chi connectivity index (χ3v) is 6.09. The number of benzene rings is 4. The van der Waals surface area contributed by atoms with Gasteiger partial charge in [-0.05, 0) is 70.8 Å². The van der Waals surface area contributed by atoms with Crippen LogP contribution in [-0.4, -0.2) is 9.55 Å². The molecular weight excluding hydrogens is 402 g/mol. The van der Waals surface area contributed by atoms with Crippen LogP contribution in [0.15, 0.2) is 115 Å². The van der Waals surface area contributed by atoms with E-state index >= 15 is 0 Å². The summed E-state index contributed by atoms with van der Waals surface area (Å²) >= 11 is 0. The van der Waals surface area contributed by atoms with Gasteiger partial charge in [-0.2, -0.15) is 5.26 Å². The second-order valence-electron chi connectivity index (χ2n) is 8.04. The molecule has 0 aliphatic heterocycles. The number of fused-ring (bicyclic) bond motifs is 3. The smallest absolute Gasteiger partial charge is 0.141 e. The van der Waals surface area contributed by atoms with Gasteiger partial charge in [0, 0.05) is 22.7 Å². The maximum Gasteiger partial charge on any atom is 0.141 e. The lowest BCUT2D eigenvalue weighted by Crippen LogP contribution is -1.93. The lowest BCUT2D eigenvalue weighted by Gasteiger charge is -2.08. The Hall–Kier alpha value is -4.68. The Bertz CT molecular complexity index is 1660. The van der Waals surface area contributed by atoms with Crippen LogP contribution in [0.5, 0.6) is 0 Å². The van der Waals surface area contributed by atoms with Crippen LogP contribution >= 0.6 is 0 Å². The Morgan fingerprint density at radius 2 is 1.15 bits per heavy atom. The number of rotatable bonds is 3. The fourth-order valence-corrected chi connectivity index (χ4v) is 4.54. The number of aromatic nitrogens is 2. The van der Waals surface area contributed by atoms with Crippen molar-refractivity contribution in [1.82, 2.24) is 9.55 Å². The van der Waals surface area contributed by atoms with E-state index in [0.29, 0.717) is 5.69 Å². The van der Waals surface area contributed by atoms with Crippen LogP contribution in [0.2, 0.25) is 0 Å². The van der Waals surface area contributed by atoms with E-state index in [0.717, 1.165) is 22.3 Å². The summed E-state index contributed by atoms with van der Waals surface area (Å²) in [5.74, 6) is 0. The normalized spacial score (nSPS) is 11.0. The lowest BCUT2D eigenvalue weighted by molar-refractivity contribution is 1.18. The second kappa shape index (κ2) is 7.78. The van der Waals surface area contributed by atoms with Crippen molar-refractivity contribution in [2.24, 2.45) is 0 Å². The quantitative estimate of drug-likeness (QED) is 0.299. The van der Waals surface area contributed by atoms with Gasteiger partial charge in [-0.3, -0.25) is 0 Å². The maximum absolute atomic E-state index is 9.27. The van der Waals surface area contributed by atoms with E-state index in [-0.39, 0.29) is 0 Å². The summed E-state index contributed by atoms with van der Waals surface area (Å²) in [5, 5.41) is 11.7. The van der Waals surface area contributed by atoms with E-state index in [1.807, 2.05) is 24.3 Å². The molecule has 0 saturated heterocycles. The van der Waals surface area contributed by atoms with Gasteiger partial charge in [0.1, 0.15) is 11.8 Å². The molecular formula is C30H19N3. The number of nitrogens with zero attached hydrogens (tertiary/aromatic N) is 3. The topological polar surface area (TPSA) is 41.6 Å². The van der Waals surface area contributed by atoms with Gasteiger partial charge >= 0.3 is 0 Å². The molecule has 0 atom stereocenters. The monoisotopic (exact) mass is 421 g/mol. The molecule has 0 amide bonds. The van der Waals surface area contributed by atoms with Crippen molar-refractivity contribution in [1.29, 1.82) is 5.26 Å². The van der Waals surface area contributed by atoms with Crippen LogP contribution in [0.4, 0.5) is 0 Å². The number of pyridine rings is 1. The Balaban J connectivity index is 1.65. The molecule has 0 saturated carbocycles. The number of hydrogen-bond donors (Lipinski definition) is 0. The minimum atomic E-state index is 0.422. The van der Waals surface area contributed by atoms with Crippen molar-refractivity contribution in [3.8, 4) is 34.0 Å². The molecule has 0 aliphatic carbocycles. The largest absolute Gasteiger partial charge is 0.309 e. The fraction of sp³-hybridized carbons (Fsp3) is 0. The molecule has 0 spiro atoms. The molecule has 154 valence electrons. The van der Waals surface area contributed by atoms with Crippen LogP contribution in [0, 0.1) is 11.3 Å². The molecule has 33 heavy (non-hydrogen) atoms. The highest BCUT2D eigenvalue weighted by Crippen LogP contribution is 2.37. The van der Waals surface area contributed by atoms with E-state index in [9.17, 15) is 5.26 Å². The van der Waals surface area contributed by atoms with Gasteiger partial charge in [-0.1, -0.05) is 60.7 Å². The van der Waals surface area contributed by atoms with Gasteiger partial charge in [0.25, 0.3) is 0 Å². The van der Waals surface area contributed by atoms with E-state index in [1.165, 1.54) is 27.4 Å². The lowest BCUT2D eigenvalue weighted by atomic mass is 10.0. The summed E-state index contributed by atoms with van der Waals surface area (Å²) in [6, 6.07) is 40.1. The zero-order valence-electron chi connectivity index (χ0n) is 17.8. The van der Waals surface area contributed by atoms with Crippen molar-refractivity contribution < 1.29 is 0 Å². The molecule has 0 bridgehead atoms. The molecule has 3 nitrogen and oxygen atoms in total. The van der Waals surface area contributed by atoms with Crippen molar-refractivity contribution in [2.45, 2.75) is 0 Å². The molecule has 4 aromatic carbocycles. The predicted molar refractivity (Wildman–Crippen MR) is 134 cm³/mol. The summed E-state index contributed by atoms with van der Waals surface area (Å²) in [6.07, 6.45) is 1.69. The number of para-hydroxylation sites is 1.